The standard InChI is InChI=1S/C19H23N2O2.C5H5.Fe/c1-2-3-4-5-6-9-14-21-15-17(18(22)20-19(21)23)13-12-16-10-7-8-11-16;1-2-4-5-3-1;/h7-8,10-11,15H,2-6,9,14H2,1H3,(H,20,22,23);1-5H;/q;;+2. The molecule has 10 radical (unpaired) electrons. The topological polar surface area (TPSA) is 54.9 Å². The fourth-order valence-corrected chi connectivity index (χ4v) is 2.74. The van der Waals surface area contributed by atoms with Crippen molar-refractivity contribution in [2.45, 2.75) is 52.0 Å². The molecule has 0 aromatic carbocycles. The maximum absolute atomic E-state index is 11.9. The van der Waals surface area contributed by atoms with E-state index in [0.717, 1.165) is 18.8 Å². The molecule has 2 aliphatic carbocycles. The van der Waals surface area contributed by atoms with Crippen molar-refractivity contribution < 1.29 is 17.1 Å². The second kappa shape index (κ2) is 15.6. The Bertz CT molecular complexity index is 724. The number of aromatic nitrogens is 2. The number of nitrogens with one attached hydrogen (secondary N) is 1. The fourth-order valence-electron chi connectivity index (χ4n) is 2.74. The summed E-state index contributed by atoms with van der Waals surface area (Å²) in [5, 5.41) is 0. The monoisotopic (exact) mass is 432 g/mol. The number of hydrogen-bond donors (Lipinski definition) is 1. The zero-order chi connectivity index (χ0) is 20.0. The van der Waals surface area contributed by atoms with Crippen molar-refractivity contribution in [3.8, 4) is 11.8 Å². The van der Waals surface area contributed by atoms with E-state index in [1.165, 1.54) is 25.7 Å². The van der Waals surface area contributed by atoms with E-state index in [4.69, 9.17) is 0 Å². The quantitative estimate of drug-likeness (QED) is 0.406. The molecule has 1 N–H and O–H groups in total. The first-order valence-corrected chi connectivity index (χ1v) is 9.95. The van der Waals surface area contributed by atoms with Gasteiger partial charge in [0.15, 0.2) is 0 Å². The molecule has 0 unspecified atom stereocenters. The average molecular weight is 432 g/mol. The van der Waals surface area contributed by atoms with E-state index >= 15 is 0 Å². The third-order valence-electron chi connectivity index (χ3n) is 4.32. The molecule has 2 aliphatic rings. The predicted octanol–water partition coefficient (Wildman–Crippen LogP) is 3.67. The van der Waals surface area contributed by atoms with E-state index < -0.39 is 5.56 Å². The number of rotatable bonds is 7. The molecule has 1 heterocycles. The summed E-state index contributed by atoms with van der Waals surface area (Å²) in [5.41, 5.74) is -0.451. The largest absolute Gasteiger partial charge is 2.00 e. The molecular weight excluding hydrogens is 404 g/mol. The van der Waals surface area contributed by atoms with Gasteiger partial charge >= 0.3 is 22.8 Å². The number of aromatic amines is 1. The van der Waals surface area contributed by atoms with Crippen molar-refractivity contribution in [3.63, 3.8) is 0 Å². The van der Waals surface area contributed by atoms with E-state index in [2.05, 4.69) is 23.7 Å². The van der Waals surface area contributed by atoms with E-state index in [0.29, 0.717) is 12.1 Å². The van der Waals surface area contributed by atoms with E-state index in [1.807, 2.05) is 57.8 Å². The average Bonchev–Trinajstić information content (AvgIpc) is 3.41. The third-order valence-corrected chi connectivity index (χ3v) is 4.32. The van der Waals surface area contributed by atoms with Crippen LogP contribution in [0, 0.1) is 75.5 Å². The Morgan fingerprint density at radius 2 is 1.41 bits per heavy atom. The van der Waals surface area contributed by atoms with Crippen LogP contribution in [0.25, 0.3) is 0 Å². The summed E-state index contributed by atoms with van der Waals surface area (Å²) >= 11 is 0. The van der Waals surface area contributed by atoms with E-state index in [1.54, 1.807) is 10.8 Å². The van der Waals surface area contributed by atoms with Crippen LogP contribution >= 0.6 is 0 Å². The molecule has 2 fully saturated rings. The van der Waals surface area contributed by atoms with Crippen LogP contribution in [0.3, 0.4) is 0 Å². The third kappa shape index (κ3) is 10.4. The van der Waals surface area contributed by atoms with Crippen LogP contribution in [0.15, 0.2) is 15.8 Å². The maximum Gasteiger partial charge on any atom is 2.00 e. The van der Waals surface area contributed by atoms with Crippen molar-refractivity contribution in [1.82, 2.24) is 9.55 Å². The predicted molar refractivity (Wildman–Crippen MR) is 114 cm³/mol. The molecule has 0 amide bonds. The molecule has 1 aromatic heterocycles. The van der Waals surface area contributed by atoms with Gasteiger partial charge in [-0.15, -0.1) is 0 Å². The van der Waals surface area contributed by atoms with Crippen LogP contribution in [-0.2, 0) is 23.6 Å². The Balaban J connectivity index is 0.000000610. The second-order valence-electron chi connectivity index (χ2n) is 6.65. The van der Waals surface area contributed by atoms with Gasteiger partial charge in [0.25, 0.3) is 5.56 Å². The molecule has 0 spiro atoms. The zero-order valence-corrected chi connectivity index (χ0v) is 17.9. The van der Waals surface area contributed by atoms with Gasteiger partial charge in [-0.25, -0.2) is 4.79 Å². The number of H-pyrrole nitrogens is 1. The SMILES string of the molecule is CCCCCCCCn1cc(C#C[C]2[CH][CH][CH][CH]2)c(=O)[nH]c1=O.[CH]1[CH][CH][CH][CH]1.[Fe+2]. The van der Waals surface area contributed by atoms with Crippen molar-refractivity contribution in [2.24, 2.45) is 0 Å². The summed E-state index contributed by atoms with van der Waals surface area (Å²) in [6.07, 6.45) is 26.1. The fraction of sp³-hybridized carbons (Fsp3) is 0.333. The molecule has 0 atom stereocenters. The van der Waals surface area contributed by atoms with Crippen molar-refractivity contribution in [3.05, 3.63) is 96.3 Å². The Hall–Kier alpha value is -1.24. The summed E-state index contributed by atoms with van der Waals surface area (Å²) in [5.74, 6) is 6.64. The zero-order valence-electron chi connectivity index (χ0n) is 16.8. The van der Waals surface area contributed by atoms with Gasteiger partial charge in [0.1, 0.15) is 5.56 Å². The van der Waals surface area contributed by atoms with E-state index in [-0.39, 0.29) is 22.8 Å². The van der Waals surface area contributed by atoms with Crippen molar-refractivity contribution >= 4 is 0 Å². The summed E-state index contributed by atoms with van der Waals surface area (Å²) in [4.78, 5) is 26.0. The van der Waals surface area contributed by atoms with Gasteiger partial charge in [-0.2, -0.15) is 0 Å². The number of aryl methyl sites for hydroxylation is 1. The van der Waals surface area contributed by atoms with Gasteiger partial charge in [0, 0.05) is 12.7 Å². The summed E-state index contributed by atoms with van der Waals surface area (Å²) in [6.45, 7) is 2.81. The molecule has 4 nitrogen and oxygen atoms in total. The molecule has 152 valence electrons. The summed E-state index contributed by atoms with van der Waals surface area (Å²) in [6, 6.07) is 0. The van der Waals surface area contributed by atoms with Crippen LogP contribution in [-0.4, -0.2) is 9.55 Å². The van der Waals surface area contributed by atoms with Crippen LogP contribution in [0.5, 0.6) is 0 Å². The number of hydrogen-bond acceptors (Lipinski definition) is 2. The minimum absolute atomic E-state index is 0. The molecular formula is C24H28FeN2O2+2. The molecule has 5 heteroatoms. The molecule has 0 bridgehead atoms. The second-order valence-corrected chi connectivity index (χ2v) is 6.65. The Morgan fingerprint density at radius 1 is 0.828 bits per heavy atom. The number of nitrogens with zero attached hydrogens (tertiary/aromatic N) is 1. The Kier molecular flexibility index (Phi) is 13.9. The molecule has 2 saturated carbocycles. The maximum atomic E-state index is 11.9. The van der Waals surface area contributed by atoms with Gasteiger partial charge in [-0.1, -0.05) is 50.9 Å². The van der Waals surface area contributed by atoms with Gasteiger partial charge in [0.2, 0.25) is 0 Å². The van der Waals surface area contributed by atoms with Gasteiger partial charge in [0.05, 0.1) is 5.92 Å². The smallest absolute Gasteiger partial charge is 0.299 e. The molecule has 1 aromatic rings. The Morgan fingerprint density at radius 3 is 2.03 bits per heavy atom. The Labute approximate surface area is 186 Å². The molecule has 3 rings (SSSR count). The van der Waals surface area contributed by atoms with Crippen LogP contribution in [0.4, 0.5) is 0 Å². The van der Waals surface area contributed by atoms with Crippen molar-refractivity contribution in [1.29, 1.82) is 0 Å². The normalized spacial score (nSPS) is 15.8. The van der Waals surface area contributed by atoms with Crippen LogP contribution in [0.1, 0.15) is 51.0 Å². The van der Waals surface area contributed by atoms with Gasteiger partial charge in [-0.05, 0) is 64.2 Å². The van der Waals surface area contributed by atoms with Crippen LogP contribution in [0.2, 0.25) is 0 Å². The molecule has 0 aliphatic heterocycles. The molecule has 29 heavy (non-hydrogen) atoms. The minimum Gasteiger partial charge on any atom is -0.299 e. The molecule has 0 saturated heterocycles. The van der Waals surface area contributed by atoms with E-state index in [9.17, 15) is 9.59 Å². The van der Waals surface area contributed by atoms with Crippen LogP contribution < -0.4 is 11.2 Å². The summed E-state index contributed by atoms with van der Waals surface area (Å²) in [7, 11) is 0. The summed E-state index contributed by atoms with van der Waals surface area (Å²) < 4.78 is 1.55. The first-order chi connectivity index (χ1) is 13.7. The van der Waals surface area contributed by atoms with Gasteiger partial charge < -0.3 is 0 Å². The number of unbranched alkanes of at least 4 members (excludes halogenated alkanes) is 5. The minimum atomic E-state index is -0.423. The van der Waals surface area contributed by atoms with Gasteiger partial charge in [-0.3, -0.25) is 14.3 Å². The first kappa shape index (κ1) is 25.8. The first-order valence-electron chi connectivity index (χ1n) is 9.95. The van der Waals surface area contributed by atoms with Crippen molar-refractivity contribution in [2.75, 3.05) is 0 Å².